The SMILES string of the molecule is C[C@@H]1C=NC(c2cnn(C)c2)=CNN1. The van der Waals surface area contributed by atoms with E-state index in [2.05, 4.69) is 20.9 Å². The molecular weight excluding hydrogens is 178 g/mol. The van der Waals surface area contributed by atoms with Crippen molar-refractivity contribution in [3.05, 3.63) is 24.2 Å². The van der Waals surface area contributed by atoms with E-state index in [-0.39, 0.29) is 6.04 Å². The number of hydrazine groups is 1. The van der Waals surface area contributed by atoms with Crippen molar-refractivity contribution in [1.29, 1.82) is 0 Å². The molecule has 2 rings (SSSR count). The first-order chi connectivity index (χ1) is 6.75. The average molecular weight is 191 g/mol. The molecule has 1 aromatic heterocycles. The lowest BCUT2D eigenvalue weighted by atomic mass is 10.3. The molecule has 0 radical (unpaired) electrons. The van der Waals surface area contributed by atoms with Gasteiger partial charge in [-0.25, -0.2) is 5.43 Å². The minimum Gasteiger partial charge on any atom is -0.326 e. The quantitative estimate of drug-likeness (QED) is 0.670. The average Bonchev–Trinajstić information content (AvgIpc) is 2.46. The minimum absolute atomic E-state index is 0.223. The molecule has 0 spiro atoms. The molecule has 1 atom stereocenters. The largest absolute Gasteiger partial charge is 0.326 e. The molecule has 14 heavy (non-hydrogen) atoms. The highest BCUT2D eigenvalue weighted by molar-refractivity contribution is 5.76. The maximum atomic E-state index is 4.35. The zero-order valence-corrected chi connectivity index (χ0v) is 8.23. The topological polar surface area (TPSA) is 54.2 Å². The van der Waals surface area contributed by atoms with E-state index >= 15 is 0 Å². The summed E-state index contributed by atoms with van der Waals surface area (Å²) in [4.78, 5) is 4.35. The lowest BCUT2D eigenvalue weighted by molar-refractivity contribution is 0.609. The van der Waals surface area contributed by atoms with Crippen LogP contribution in [0.25, 0.3) is 5.70 Å². The summed E-state index contributed by atoms with van der Waals surface area (Å²) in [5, 5.41) is 4.10. The van der Waals surface area contributed by atoms with Gasteiger partial charge in [0.25, 0.3) is 0 Å². The predicted molar refractivity (Wildman–Crippen MR) is 55.4 cm³/mol. The van der Waals surface area contributed by atoms with Crippen molar-refractivity contribution >= 4 is 11.9 Å². The lowest BCUT2D eigenvalue weighted by Gasteiger charge is -2.03. The normalized spacial score (nSPS) is 21.3. The molecule has 1 aromatic rings. The van der Waals surface area contributed by atoms with Gasteiger partial charge in [0, 0.05) is 31.2 Å². The summed E-state index contributed by atoms with van der Waals surface area (Å²) >= 11 is 0. The molecule has 0 saturated heterocycles. The van der Waals surface area contributed by atoms with Gasteiger partial charge in [-0.1, -0.05) is 0 Å². The van der Waals surface area contributed by atoms with E-state index in [1.165, 1.54) is 0 Å². The van der Waals surface area contributed by atoms with Crippen molar-refractivity contribution in [3.63, 3.8) is 0 Å². The number of nitrogens with zero attached hydrogens (tertiary/aromatic N) is 3. The fourth-order valence-corrected chi connectivity index (χ4v) is 1.22. The van der Waals surface area contributed by atoms with E-state index in [1.807, 2.05) is 32.6 Å². The van der Waals surface area contributed by atoms with Gasteiger partial charge >= 0.3 is 0 Å². The summed E-state index contributed by atoms with van der Waals surface area (Å²) in [5.74, 6) is 0. The summed E-state index contributed by atoms with van der Waals surface area (Å²) in [5.41, 5.74) is 7.92. The summed E-state index contributed by atoms with van der Waals surface area (Å²) in [6.45, 7) is 2.02. The van der Waals surface area contributed by atoms with E-state index in [1.54, 1.807) is 10.9 Å². The van der Waals surface area contributed by atoms with E-state index < -0.39 is 0 Å². The molecule has 0 amide bonds. The van der Waals surface area contributed by atoms with Crippen LogP contribution in [-0.2, 0) is 7.05 Å². The number of aromatic nitrogens is 2. The molecule has 2 heterocycles. The Morgan fingerprint density at radius 2 is 2.36 bits per heavy atom. The zero-order chi connectivity index (χ0) is 9.97. The number of aryl methyl sites for hydroxylation is 1. The number of rotatable bonds is 1. The lowest BCUT2D eigenvalue weighted by Crippen LogP contribution is -2.35. The van der Waals surface area contributed by atoms with Crippen molar-refractivity contribution < 1.29 is 0 Å². The predicted octanol–water partition coefficient (Wildman–Crippen LogP) is 0.286. The third-order valence-corrected chi connectivity index (χ3v) is 1.96. The monoisotopic (exact) mass is 191 g/mol. The van der Waals surface area contributed by atoms with Crippen LogP contribution in [0.15, 0.2) is 23.6 Å². The second kappa shape index (κ2) is 3.63. The highest BCUT2D eigenvalue weighted by Crippen LogP contribution is 2.13. The molecule has 0 aromatic carbocycles. The molecule has 0 unspecified atom stereocenters. The highest BCUT2D eigenvalue weighted by atomic mass is 15.4. The Morgan fingerprint density at radius 3 is 3.07 bits per heavy atom. The molecule has 0 aliphatic carbocycles. The van der Waals surface area contributed by atoms with Crippen LogP contribution in [0.2, 0.25) is 0 Å². The van der Waals surface area contributed by atoms with E-state index in [9.17, 15) is 0 Å². The minimum atomic E-state index is 0.223. The maximum Gasteiger partial charge on any atom is 0.0901 e. The summed E-state index contributed by atoms with van der Waals surface area (Å²) in [6.07, 6.45) is 7.41. The van der Waals surface area contributed by atoms with Crippen molar-refractivity contribution in [2.24, 2.45) is 12.0 Å². The molecular formula is C9H13N5. The standard InChI is InChI=1S/C9H13N5/c1-7-3-10-9(5-11-13-7)8-4-12-14(2)6-8/h3-7,11,13H,1-2H3/t7-/m1/s1. The molecule has 5 nitrogen and oxygen atoms in total. The van der Waals surface area contributed by atoms with Gasteiger partial charge in [0.1, 0.15) is 0 Å². The number of hydrogen-bond donors (Lipinski definition) is 2. The highest BCUT2D eigenvalue weighted by Gasteiger charge is 2.05. The molecule has 5 heteroatoms. The summed E-state index contributed by atoms with van der Waals surface area (Å²) in [6, 6.07) is 0.223. The van der Waals surface area contributed by atoms with E-state index in [0.29, 0.717) is 0 Å². The number of aliphatic imine (C=N–C) groups is 1. The van der Waals surface area contributed by atoms with Crippen molar-refractivity contribution in [1.82, 2.24) is 20.6 Å². The first kappa shape index (κ1) is 8.96. The second-order valence-electron chi connectivity index (χ2n) is 3.29. The third-order valence-electron chi connectivity index (χ3n) is 1.96. The Kier molecular flexibility index (Phi) is 2.32. The van der Waals surface area contributed by atoms with Crippen LogP contribution in [0.3, 0.4) is 0 Å². The van der Waals surface area contributed by atoms with Gasteiger partial charge < -0.3 is 5.43 Å². The number of hydrogen-bond acceptors (Lipinski definition) is 4. The van der Waals surface area contributed by atoms with Crippen LogP contribution in [0.5, 0.6) is 0 Å². The van der Waals surface area contributed by atoms with Crippen LogP contribution in [0.4, 0.5) is 0 Å². The van der Waals surface area contributed by atoms with Gasteiger partial charge in [-0.3, -0.25) is 9.67 Å². The Labute approximate surface area is 82.5 Å². The van der Waals surface area contributed by atoms with Crippen molar-refractivity contribution in [2.45, 2.75) is 13.0 Å². The molecule has 0 fully saturated rings. The van der Waals surface area contributed by atoms with Gasteiger partial charge in [0.2, 0.25) is 0 Å². The first-order valence-electron chi connectivity index (χ1n) is 4.50. The van der Waals surface area contributed by atoms with Gasteiger partial charge in [-0.05, 0) is 6.92 Å². The van der Waals surface area contributed by atoms with Crippen LogP contribution in [0, 0.1) is 0 Å². The molecule has 2 N–H and O–H groups in total. The van der Waals surface area contributed by atoms with E-state index in [0.717, 1.165) is 11.3 Å². The molecule has 1 aliphatic rings. The molecule has 0 saturated carbocycles. The molecule has 1 aliphatic heterocycles. The Balaban J connectivity index is 2.25. The zero-order valence-electron chi connectivity index (χ0n) is 8.23. The van der Waals surface area contributed by atoms with Gasteiger partial charge in [-0.15, -0.1) is 0 Å². The number of nitrogens with one attached hydrogen (secondary N) is 2. The summed E-state index contributed by atoms with van der Waals surface area (Å²) in [7, 11) is 1.89. The van der Waals surface area contributed by atoms with Gasteiger partial charge in [-0.2, -0.15) is 5.10 Å². The van der Waals surface area contributed by atoms with Crippen LogP contribution < -0.4 is 10.9 Å². The first-order valence-corrected chi connectivity index (χ1v) is 4.50. The molecule has 0 bridgehead atoms. The van der Waals surface area contributed by atoms with Gasteiger partial charge in [0.05, 0.1) is 17.9 Å². The fraction of sp³-hybridized carbons (Fsp3) is 0.333. The Morgan fingerprint density at radius 1 is 1.50 bits per heavy atom. The fourth-order valence-electron chi connectivity index (χ4n) is 1.22. The Hall–Kier alpha value is -1.62. The van der Waals surface area contributed by atoms with Crippen LogP contribution in [-0.4, -0.2) is 22.0 Å². The van der Waals surface area contributed by atoms with Crippen molar-refractivity contribution in [3.8, 4) is 0 Å². The summed E-state index contributed by atoms with van der Waals surface area (Å²) < 4.78 is 1.76. The van der Waals surface area contributed by atoms with Crippen molar-refractivity contribution in [2.75, 3.05) is 0 Å². The third kappa shape index (κ3) is 1.82. The second-order valence-corrected chi connectivity index (χ2v) is 3.29. The smallest absolute Gasteiger partial charge is 0.0901 e. The van der Waals surface area contributed by atoms with E-state index in [4.69, 9.17) is 0 Å². The van der Waals surface area contributed by atoms with Gasteiger partial charge in [0.15, 0.2) is 0 Å². The maximum absolute atomic E-state index is 4.35. The Bertz CT molecular complexity index is 376. The van der Waals surface area contributed by atoms with Crippen LogP contribution in [0.1, 0.15) is 12.5 Å². The van der Waals surface area contributed by atoms with Crippen LogP contribution >= 0.6 is 0 Å². The molecule has 74 valence electrons.